The third kappa shape index (κ3) is 4.99. The van der Waals surface area contributed by atoms with Crippen LogP contribution < -0.4 is 5.32 Å². The molecule has 2 rings (SSSR count). The molecule has 0 bridgehead atoms. The second-order valence-electron chi connectivity index (χ2n) is 6.48. The van der Waals surface area contributed by atoms with E-state index in [1.807, 2.05) is 37.3 Å². The van der Waals surface area contributed by atoms with Crippen molar-refractivity contribution in [2.45, 2.75) is 40.2 Å². The van der Waals surface area contributed by atoms with Gasteiger partial charge in [0.15, 0.2) is 5.11 Å². The number of furan rings is 1. The van der Waals surface area contributed by atoms with Crippen molar-refractivity contribution in [3.05, 3.63) is 52.9 Å². The average Bonchev–Trinajstić information content (AvgIpc) is 3.04. The second-order valence-corrected chi connectivity index (χ2v) is 7.27. The molecule has 5 heteroatoms. The van der Waals surface area contributed by atoms with E-state index in [9.17, 15) is 0 Å². The summed E-state index contributed by atoms with van der Waals surface area (Å²) in [6, 6.07) is 9.85. The van der Waals surface area contributed by atoms with Crippen molar-refractivity contribution in [3.63, 3.8) is 0 Å². The highest BCUT2D eigenvalue weighted by Crippen LogP contribution is 2.26. The molecule has 24 heavy (non-hydrogen) atoms. The van der Waals surface area contributed by atoms with Gasteiger partial charge in [0.25, 0.3) is 0 Å². The maximum Gasteiger partial charge on any atom is 0.174 e. The molecule has 0 unspecified atom stereocenters. The first-order chi connectivity index (χ1) is 11.4. The fourth-order valence-electron chi connectivity index (χ4n) is 2.46. The third-order valence-electron chi connectivity index (χ3n) is 4.00. The number of benzene rings is 1. The molecule has 0 spiro atoms. The Morgan fingerprint density at radius 3 is 2.62 bits per heavy atom. The van der Waals surface area contributed by atoms with Crippen LogP contribution in [0.1, 0.15) is 44.6 Å². The summed E-state index contributed by atoms with van der Waals surface area (Å²) in [5, 5.41) is 4.62. The zero-order chi connectivity index (χ0) is 17.7. The Morgan fingerprint density at radius 2 is 2.04 bits per heavy atom. The molecule has 1 N–H and O–H groups in total. The van der Waals surface area contributed by atoms with Gasteiger partial charge in [0.05, 0.1) is 23.0 Å². The SMILES string of the molecule is Cc1ccc(NC(=S)N(CCC(C)C)[C@@H](C)c2ccco2)c(Cl)c1. The van der Waals surface area contributed by atoms with Crippen molar-refractivity contribution >= 4 is 34.6 Å². The number of hydrogen-bond donors (Lipinski definition) is 1. The van der Waals surface area contributed by atoms with Crippen LogP contribution in [-0.2, 0) is 0 Å². The molecule has 0 radical (unpaired) electrons. The minimum absolute atomic E-state index is 0.0583. The molecule has 1 aromatic carbocycles. The van der Waals surface area contributed by atoms with Crippen molar-refractivity contribution < 1.29 is 4.42 Å². The molecule has 0 saturated heterocycles. The Bertz CT molecular complexity index is 670. The van der Waals surface area contributed by atoms with Crippen molar-refractivity contribution in [1.29, 1.82) is 0 Å². The molecule has 2 aromatic rings. The standard InChI is InChI=1S/C19H25ClN2OS/c1-13(2)9-10-22(15(4)18-6-5-11-23-18)19(24)21-17-8-7-14(3)12-16(17)20/h5-8,11-13,15H,9-10H2,1-4H3,(H,21,24)/t15-/m0/s1. The van der Waals surface area contributed by atoms with Crippen LogP contribution in [0.15, 0.2) is 41.0 Å². The topological polar surface area (TPSA) is 28.4 Å². The Balaban J connectivity index is 2.17. The predicted molar refractivity (Wildman–Crippen MR) is 106 cm³/mol. The smallest absolute Gasteiger partial charge is 0.174 e. The summed E-state index contributed by atoms with van der Waals surface area (Å²) >= 11 is 12.0. The van der Waals surface area contributed by atoms with E-state index in [0.717, 1.165) is 30.0 Å². The Morgan fingerprint density at radius 1 is 1.29 bits per heavy atom. The zero-order valence-electron chi connectivity index (χ0n) is 14.7. The van der Waals surface area contributed by atoms with E-state index in [4.69, 9.17) is 28.2 Å². The van der Waals surface area contributed by atoms with E-state index in [2.05, 4.69) is 31.0 Å². The van der Waals surface area contributed by atoms with Gasteiger partial charge < -0.3 is 14.6 Å². The second kappa shape index (κ2) is 8.54. The van der Waals surface area contributed by atoms with Crippen LogP contribution in [-0.4, -0.2) is 16.6 Å². The van der Waals surface area contributed by atoms with E-state index in [1.165, 1.54) is 0 Å². The predicted octanol–water partition coefficient (Wildman–Crippen LogP) is 6.05. The molecular weight excluding hydrogens is 340 g/mol. The molecule has 0 amide bonds. The van der Waals surface area contributed by atoms with E-state index < -0.39 is 0 Å². The van der Waals surface area contributed by atoms with Gasteiger partial charge in [0.2, 0.25) is 0 Å². The maximum atomic E-state index is 6.33. The number of thiocarbonyl (C=S) groups is 1. The van der Waals surface area contributed by atoms with Crippen LogP contribution in [0, 0.1) is 12.8 Å². The van der Waals surface area contributed by atoms with Gasteiger partial charge in [0, 0.05) is 6.54 Å². The lowest BCUT2D eigenvalue weighted by atomic mass is 10.1. The Kier molecular flexibility index (Phi) is 6.69. The average molecular weight is 365 g/mol. The monoisotopic (exact) mass is 364 g/mol. The number of rotatable bonds is 6. The fraction of sp³-hybridized carbons (Fsp3) is 0.421. The number of hydrogen-bond acceptors (Lipinski definition) is 2. The van der Waals surface area contributed by atoms with E-state index in [0.29, 0.717) is 16.1 Å². The summed E-state index contributed by atoms with van der Waals surface area (Å²) < 4.78 is 5.57. The summed E-state index contributed by atoms with van der Waals surface area (Å²) in [6.07, 6.45) is 2.74. The molecule has 1 atom stereocenters. The number of nitrogens with zero attached hydrogens (tertiary/aromatic N) is 1. The summed E-state index contributed by atoms with van der Waals surface area (Å²) in [5.74, 6) is 1.50. The zero-order valence-corrected chi connectivity index (χ0v) is 16.2. The number of nitrogens with one attached hydrogen (secondary N) is 1. The van der Waals surface area contributed by atoms with Crippen LogP contribution in [0.3, 0.4) is 0 Å². The maximum absolute atomic E-state index is 6.33. The van der Waals surface area contributed by atoms with Crippen molar-refractivity contribution in [2.75, 3.05) is 11.9 Å². The van der Waals surface area contributed by atoms with E-state index in [-0.39, 0.29) is 6.04 Å². The number of anilines is 1. The highest BCUT2D eigenvalue weighted by molar-refractivity contribution is 7.80. The van der Waals surface area contributed by atoms with Crippen LogP contribution in [0.2, 0.25) is 5.02 Å². The molecule has 0 aliphatic carbocycles. The summed E-state index contributed by atoms with van der Waals surface area (Å²) in [4.78, 5) is 2.16. The normalized spacial score (nSPS) is 12.2. The van der Waals surface area contributed by atoms with Crippen LogP contribution in [0.4, 0.5) is 5.69 Å². The lowest BCUT2D eigenvalue weighted by Gasteiger charge is -2.31. The minimum atomic E-state index is 0.0583. The van der Waals surface area contributed by atoms with Gasteiger partial charge in [-0.1, -0.05) is 31.5 Å². The molecule has 1 aromatic heterocycles. The van der Waals surface area contributed by atoms with Crippen LogP contribution in [0.25, 0.3) is 0 Å². The van der Waals surface area contributed by atoms with Gasteiger partial charge in [-0.15, -0.1) is 0 Å². The minimum Gasteiger partial charge on any atom is -0.467 e. The highest BCUT2D eigenvalue weighted by atomic mass is 35.5. The largest absolute Gasteiger partial charge is 0.467 e. The first-order valence-corrected chi connectivity index (χ1v) is 9.04. The Hall–Kier alpha value is -1.52. The van der Waals surface area contributed by atoms with Gasteiger partial charge in [-0.2, -0.15) is 0 Å². The van der Waals surface area contributed by atoms with Crippen molar-refractivity contribution in [2.24, 2.45) is 5.92 Å². The summed E-state index contributed by atoms with van der Waals surface area (Å²) in [6.45, 7) is 9.40. The molecule has 1 heterocycles. The first-order valence-electron chi connectivity index (χ1n) is 8.25. The van der Waals surface area contributed by atoms with Gasteiger partial charge in [0.1, 0.15) is 5.76 Å². The summed E-state index contributed by atoms with van der Waals surface area (Å²) in [5.41, 5.74) is 1.95. The van der Waals surface area contributed by atoms with Crippen molar-refractivity contribution in [3.8, 4) is 0 Å². The first kappa shape index (κ1) is 18.8. The van der Waals surface area contributed by atoms with Crippen LogP contribution in [0.5, 0.6) is 0 Å². The number of halogens is 1. The lowest BCUT2D eigenvalue weighted by Crippen LogP contribution is -2.38. The molecule has 130 valence electrons. The lowest BCUT2D eigenvalue weighted by molar-refractivity contribution is 0.281. The van der Waals surface area contributed by atoms with E-state index in [1.54, 1.807) is 6.26 Å². The van der Waals surface area contributed by atoms with Gasteiger partial charge in [-0.25, -0.2) is 0 Å². The van der Waals surface area contributed by atoms with Gasteiger partial charge in [-0.05, 0) is 68.2 Å². The molecule has 0 fully saturated rings. The van der Waals surface area contributed by atoms with Crippen LogP contribution >= 0.6 is 23.8 Å². The fourth-order valence-corrected chi connectivity index (χ4v) is 3.10. The van der Waals surface area contributed by atoms with Gasteiger partial charge >= 0.3 is 0 Å². The van der Waals surface area contributed by atoms with Gasteiger partial charge in [-0.3, -0.25) is 0 Å². The molecule has 3 nitrogen and oxygen atoms in total. The number of aryl methyl sites for hydroxylation is 1. The van der Waals surface area contributed by atoms with Crippen molar-refractivity contribution in [1.82, 2.24) is 4.90 Å². The van der Waals surface area contributed by atoms with E-state index >= 15 is 0 Å². The third-order valence-corrected chi connectivity index (χ3v) is 4.65. The molecule has 0 saturated carbocycles. The molecule has 0 aliphatic rings. The molecule has 0 aliphatic heterocycles. The quantitative estimate of drug-likeness (QED) is 0.632. The highest BCUT2D eigenvalue weighted by Gasteiger charge is 2.21. The molecular formula is C19H25ClN2OS. The summed E-state index contributed by atoms with van der Waals surface area (Å²) in [7, 11) is 0. The Labute approximate surface area is 155 Å².